The maximum absolute atomic E-state index is 13.0. The smallest absolute Gasteiger partial charge is 0.157 e. The molecule has 0 amide bonds. The van der Waals surface area contributed by atoms with E-state index in [1.54, 1.807) is 12.1 Å². The van der Waals surface area contributed by atoms with Crippen LogP contribution in [0.4, 0.5) is 10.2 Å². The Morgan fingerprint density at radius 2 is 1.90 bits per heavy atom. The molecule has 1 aromatic carbocycles. The Labute approximate surface area is 118 Å². The summed E-state index contributed by atoms with van der Waals surface area (Å²) in [6.07, 6.45) is 0. The SMILES string of the molecule is CCNc1cc(-c2ccc(F)cc2)nc(COCC)n1. The zero-order valence-corrected chi connectivity index (χ0v) is 11.7. The molecule has 1 N–H and O–H groups in total. The largest absolute Gasteiger partial charge is 0.374 e. The predicted molar refractivity (Wildman–Crippen MR) is 76.9 cm³/mol. The zero-order valence-electron chi connectivity index (χ0n) is 11.7. The number of hydrogen-bond donors (Lipinski definition) is 1. The van der Waals surface area contributed by atoms with Crippen molar-refractivity contribution >= 4 is 5.82 Å². The van der Waals surface area contributed by atoms with Gasteiger partial charge in [-0.25, -0.2) is 14.4 Å². The first-order valence-electron chi connectivity index (χ1n) is 6.68. The van der Waals surface area contributed by atoms with E-state index in [2.05, 4.69) is 15.3 Å². The Balaban J connectivity index is 2.34. The van der Waals surface area contributed by atoms with Gasteiger partial charge in [0.1, 0.15) is 18.2 Å². The predicted octanol–water partition coefficient (Wildman–Crippen LogP) is 3.25. The molecular formula is C15H18FN3O. The van der Waals surface area contributed by atoms with E-state index in [1.807, 2.05) is 19.9 Å². The highest BCUT2D eigenvalue weighted by atomic mass is 19.1. The fourth-order valence-electron chi connectivity index (χ4n) is 1.80. The molecule has 0 atom stereocenters. The first-order valence-corrected chi connectivity index (χ1v) is 6.68. The molecule has 0 saturated heterocycles. The molecule has 5 heteroatoms. The van der Waals surface area contributed by atoms with Crippen molar-refractivity contribution in [1.82, 2.24) is 9.97 Å². The standard InChI is InChI=1S/C15H18FN3O/c1-3-17-14-9-13(11-5-7-12(16)8-6-11)18-15(19-14)10-20-4-2/h5-9H,3-4,10H2,1-2H3,(H,17,18,19). The number of nitrogens with one attached hydrogen (secondary N) is 1. The third kappa shape index (κ3) is 3.74. The lowest BCUT2D eigenvalue weighted by atomic mass is 10.1. The summed E-state index contributed by atoms with van der Waals surface area (Å²) in [5, 5.41) is 3.17. The lowest BCUT2D eigenvalue weighted by molar-refractivity contribution is 0.128. The van der Waals surface area contributed by atoms with E-state index in [0.717, 1.165) is 23.6 Å². The van der Waals surface area contributed by atoms with Gasteiger partial charge >= 0.3 is 0 Å². The van der Waals surface area contributed by atoms with Crippen LogP contribution >= 0.6 is 0 Å². The zero-order chi connectivity index (χ0) is 14.4. The summed E-state index contributed by atoms with van der Waals surface area (Å²) in [5.41, 5.74) is 1.61. The fourth-order valence-corrected chi connectivity index (χ4v) is 1.80. The van der Waals surface area contributed by atoms with Crippen LogP contribution in [0.1, 0.15) is 19.7 Å². The lowest BCUT2D eigenvalue weighted by Gasteiger charge is -2.09. The Kier molecular flexibility index (Phi) is 5.01. The van der Waals surface area contributed by atoms with Crippen molar-refractivity contribution in [2.45, 2.75) is 20.5 Å². The summed E-state index contributed by atoms with van der Waals surface area (Å²) in [7, 11) is 0. The molecule has 1 heterocycles. The van der Waals surface area contributed by atoms with Crippen molar-refractivity contribution in [1.29, 1.82) is 0 Å². The van der Waals surface area contributed by atoms with E-state index in [4.69, 9.17) is 4.74 Å². The Morgan fingerprint density at radius 3 is 2.55 bits per heavy atom. The Hall–Kier alpha value is -2.01. The highest BCUT2D eigenvalue weighted by Gasteiger charge is 2.07. The molecule has 0 radical (unpaired) electrons. The van der Waals surface area contributed by atoms with Crippen LogP contribution in [0.15, 0.2) is 30.3 Å². The first-order chi connectivity index (χ1) is 9.72. The second kappa shape index (κ2) is 6.96. The van der Waals surface area contributed by atoms with Gasteiger partial charge in [0.05, 0.1) is 5.69 Å². The molecule has 0 unspecified atom stereocenters. The van der Waals surface area contributed by atoms with Gasteiger partial charge in [0.2, 0.25) is 0 Å². The summed E-state index contributed by atoms with van der Waals surface area (Å²) >= 11 is 0. The number of benzene rings is 1. The molecule has 2 aromatic rings. The van der Waals surface area contributed by atoms with E-state index >= 15 is 0 Å². The van der Waals surface area contributed by atoms with Crippen molar-refractivity contribution in [2.75, 3.05) is 18.5 Å². The van der Waals surface area contributed by atoms with Crippen LogP contribution in [0.3, 0.4) is 0 Å². The minimum atomic E-state index is -0.260. The lowest BCUT2D eigenvalue weighted by Crippen LogP contribution is -2.06. The van der Waals surface area contributed by atoms with Gasteiger partial charge in [0.15, 0.2) is 5.82 Å². The van der Waals surface area contributed by atoms with Crippen LogP contribution in [0, 0.1) is 5.82 Å². The van der Waals surface area contributed by atoms with Crippen molar-refractivity contribution in [3.63, 3.8) is 0 Å². The van der Waals surface area contributed by atoms with E-state index in [0.29, 0.717) is 19.0 Å². The number of anilines is 1. The molecule has 0 bridgehead atoms. The van der Waals surface area contributed by atoms with Gasteiger partial charge in [0, 0.05) is 24.8 Å². The van der Waals surface area contributed by atoms with E-state index in [-0.39, 0.29) is 5.82 Å². The van der Waals surface area contributed by atoms with E-state index < -0.39 is 0 Å². The third-order valence-electron chi connectivity index (χ3n) is 2.71. The highest BCUT2D eigenvalue weighted by molar-refractivity contribution is 5.62. The van der Waals surface area contributed by atoms with Crippen molar-refractivity contribution < 1.29 is 9.13 Å². The minimum absolute atomic E-state index is 0.260. The molecule has 0 saturated carbocycles. The molecule has 4 nitrogen and oxygen atoms in total. The molecule has 0 aliphatic rings. The Morgan fingerprint density at radius 1 is 1.15 bits per heavy atom. The molecule has 0 spiro atoms. The first kappa shape index (κ1) is 14.4. The topological polar surface area (TPSA) is 47.0 Å². The monoisotopic (exact) mass is 275 g/mol. The normalized spacial score (nSPS) is 10.6. The molecular weight excluding hydrogens is 257 g/mol. The average Bonchev–Trinajstić information content (AvgIpc) is 2.46. The van der Waals surface area contributed by atoms with Crippen molar-refractivity contribution in [2.24, 2.45) is 0 Å². The number of ether oxygens (including phenoxy) is 1. The van der Waals surface area contributed by atoms with Crippen molar-refractivity contribution in [3.05, 3.63) is 42.0 Å². The molecule has 0 aliphatic heterocycles. The molecule has 0 fully saturated rings. The molecule has 1 aromatic heterocycles. The van der Waals surface area contributed by atoms with Crippen LogP contribution in [0.5, 0.6) is 0 Å². The van der Waals surface area contributed by atoms with Gasteiger partial charge in [-0.15, -0.1) is 0 Å². The molecule has 20 heavy (non-hydrogen) atoms. The number of rotatable bonds is 6. The van der Waals surface area contributed by atoms with Crippen LogP contribution in [0.25, 0.3) is 11.3 Å². The number of aromatic nitrogens is 2. The average molecular weight is 275 g/mol. The second-order valence-corrected chi connectivity index (χ2v) is 4.23. The van der Waals surface area contributed by atoms with Gasteiger partial charge in [-0.2, -0.15) is 0 Å². The fraction of sp³-hybridized carbons (Fsp3) is 0.333. The van der Waals surface area contributed by atoms with Gasteiger partial charge in [-0.1, -0.05) is 0 Å². The highest BCUT2D eigenvalue weighted by Crippen LogP contribution is 2.20. The molecule has 106 valence electrons. The maximum Gasteiger partial charge on any atom is 0.157 e. The van der Waals surface area contributed by atoms with Crippen LogP contribution in [0.2, 0.25) is 0 Å². The third-order valence-corrected chi connectivity index (χ3v) is 2.71. The number of halogens is 1. The quantitative estimate of drug-likeness (QED) is 0.879. The second-order valence-electron chi connectivity index (χ2n) is 4.23. The minimum Gasteiger partial charge on any atom is -0.374 e. The molecule has 0 aliphatic carbocycles. The van der Waals surface area contributed by atoms with Crippen LogP contribution < -0.4 is 5.32 Å². The van der Waals surface area contributed by atoms with Crippen LogP contribution in [-0.2, 0) is 11.3 Å². The van der Waals surface area contributed by atoms with Gasteiger partial charge in [0.25, 0.3) is 0 Å². The number of nitrogens with zero attached hydrogens (tertiary/aromatic N) is 2. The Bertz CT molecular complexity index is 558. The van der Waals surface area contributed by atoms with Gasteiger partial charge in [-0.05, 0) is 38.1 Å². The number of hydrogen-bond acceptors (Lipinski definition) is 4. The van der Waals surface area contributed by atoms with E-state index in [9.17, 15) is 4.39 Å². The molecule has 2 rings (SSSR count). The summed E-state index contributed by atoms with van der Waals surface area (Å²) in [6.45, 7) is 5.68. The van der Waals surface area contributed by atoms with Crippen LogP contribution in [-0.4, -0.2) is 23.1 Å². The summed E-state index contributed by atoms with van der Waals surface area (Å²) in [5.74, 6) is 1.10. The van der Waals surface area contributed by atoms with E-state index in [1.165, 1.54) is 12.1 Å². The maximum atomic E-state index is 13.0. The summed E-state index contributed by atoms with van der Waals surface area (Å²) < 4.78 is 18.3. The van der Waals surface area contributed by atoms with Gasteiger partial charge < -0.3 is 10.1 Å². The van der Waals surface area contributed by atoms with Gasteiger partial charge in [-0.3, -0.25) is 0 Å². The summed E-state index contributed by atoms with van der Waals surface area (Å²) in [6, 6.07) is 8.11. The summed E-state index contributed by atoms with van der Waals surface area (Å²) in [4.78, 5) is 8.84. The van der Waals surface area contributed by atoms with Crippen molar-refractivity contribution in [3.8, 4) is 11.3 Å².